The molecule has 0 fully saturated rings. The Morgan fingerprint density at radius 1 is 0.929 bits per heavy atom. The monoisotopic (exact) mass is 398 g/mol. The van der Waals surface area contributed by atoms with Crippen molar-refractivity contribution >= 4 is 21.6 Å². The SMILES string of the molecule is Cc1ccccc1CNC(=O)c1ccc(S(=O)(=O)Nc2ccccc2F)cc1. The van der Waals surface area contributed by atoms with E-state index >= 15 is 0 Å². The van der Waals surface area contributed by atoms with Crippen LogP contribution in [0.15, 0.2) is 77.7 Å². The highest BCUT2D eigenvalue weighted by atomic mass is 32.2. The maximum Gasteiger partial charge on any atom is 0.261 e. The van der Waals surface area contributed by atoms with Gasteiger partial charge in [0.15, 0.2) is 0 Å². The van der Waals surface area contributed by atoms with Crippen LogP contribution in [0.25, 0.3) is 0 Å². The smallest absolute Gasteiger partial charge is 0.261 e. The van der Waals surface area contributed by atoms with E-state index in [4.69, 9.17) is 0 Å². The second kappa shape index (κ2) is 8.22. The number of para-hydroxylation sites is 1. The van der Waals surface area contributed by atoms with Crippen LogP contribution < -0.4 is 10.0 Å². The van der Waals surface area contributed by atoms with Crippen molar-refractivity contribution in [2.75, 3.05) is 4.72 Å². The second-order valence-corrected chi connectivity index (χ2v) is 7.90. The Morgan fingerprint density at radius 3 is 2.25 bits per heavy atom. The quantitative estimate of drug-likeness (QED) is 0.662. The summed E-state index contributed by atoms with van der Waals surface area (Å²) in [5.41, 5.74) is 2.27. The lowest BCUT2D eigenvalue weighted by Crippen LogP contribution is -2.23. The molecule has 1 amide bonds. The van der Waals surface area contributed by atoms with Crippen LogP contribution in [0.1, 0.15) is 21.5 Å². The Morgan fingerprint density at radius 2 is 1.57 bits per heavy atom. The molecule has 7 heteroatoms. The lowest BCUT2D eigenvalue weighted by molar-refractivity contribution is 0.0951. The van der Waals surface area contributed by atoms with E-state index in [0.29, 0.717) is 12.1 Å². The molecule has 0 aliphatic carbocycles. The van der Waals surface area contributed by atoms with Gasteiger partial charge in [0.25, 0.3) is 15.9 Å². The molecule has 0 aliphatic rings. The molecule has 2 N–H and O–H groups in total. The van der Waals surface area contributed by atoms with Gasteiger partial charge in [-0.2, -0.15) is 0 Å². The maximum atomic E-state index is 13.7. The topological polar surface area (TPSA) is 75.3 Å². The summed E-state index contributed by atoms with van der Waals surface area (Å²) in [5, 5.41) is 2.81. The first-order chi connectivity index (χ1) is 13.4. The van der Waals surface area contributed by atoms with Crippen LogP contribution >= 0.6 is 0 Å². The van der Waals surface area contributed by atoms with Gasteiger partial charge in [0.2, 0.25) is 0 Å². The zero-order valence-electron chi connectivity index (χ0n) is 15.1. The number of rotatable bonds is 6. The average molecular weight is 398 g/mol. The number of aryl methyl sites for hydroxylation is 1. The highest BCUT2D eigenvalue weighted by Gasteiger charge is 2.17. The number of carbonyl (C=O) groups excluding carboxylic acids is 1. The number of sulfonamides is 1. The summed E-state index contributed by atoms with van der Waals surface area (Å²) in [5.74, 6) is -0.979. The number of anilines is 1. The number of amides is 1. The highest BCUT2D eigenvalue weighted by molar-refractivity contribution is 7.92. The summed E-state index contributed by atoms with van der Waals surface area (Å²) >= 11 is 0. The third-order valence-corrected chi connectivity index (χ3v) is 5.63. The molecule has 0 atom stereocenters. The maximum absolute atomic E-state index is 13.7. The Labute approximate surface area is 163 Å². The second-order valence-electron chi connectivity index (χ2n) is 6.22. The molecule has 5 nitrogen and oxygen atoms in total. The molecule has 0 aliphatic heterocycles. The van der Waals surface area contributed by atoms with Gasteiger partial charge in [0.1, 0.15) is 5.82 Å². The Balaban J connectivity index is 1.69. The average Bonchev–Trinajstić information content (AvgIpc) is 2.69. The Hall–Kier alpha value is -3.19. The van der Waals surface area contributed by atoms with Gasteiger partial charge in [0, 0.05) is 12.1 Å². The van der Waals surface area contributed by atoms with Crippen LogP contribution in [0.2, 0.25) is 0 Å². The summed E-state index contributed by atoms with van der Waals surface area (Å²) < 4.78 is 40.7. The van der Waals surface area contributed by atoms with Gasteiger partial charge >= 0.3 is 0 Å². The zero-order chi connectivity index (χ0) is 20.1. The van der Waals surface area contributed by atoms with Crippen molar-refractivity contribution in [3.05, 3.63) is 95.3 Å². The number of benzene rings is 3. The van der Waals surface area contributed by atoms with Crippen molar-refractivity contribution in [3.63, 3.8) is 0 Å². The van der Waals surface area contributed by atoms with Gasteiger partial charge in [0.05, 0.1) is 10.6 Å². The van der Waals surface area contributed by atoms with Crippen LogP contribution in [0.5, 0.6) is 0 Å². The molecule has 144 valence electrons. The van der Waals surface area contributed by atoms with Gasteiger partial charge < -0.3 is 5.32 Å². The van der Waals surface area contributed by atoms with Gasteiger partial charge in [-0.1, -0.05) is 36.4 Å². The first kappa shape index (κ1) is 19.6. The molecule has 0 spiro atoms. The van der Waals surface area contributed by atoms with Crippen molar-refractivity contribution in [2.24, 2.45) is 0 Å². The molecule has 0 saturated heterocycles. The minimum Gasteiger partial charge on any atom is -0.348 e. The standard InChI is InChI=1S/C21H19FN2O3S/c1-15-6-2-3-7-17(15)14-23-21(25)16-10-12-18(13-11-16)28(26,27)24-20-9-5-4-8-19(20)22/h2-13,24H,14H2,1H3,(H,23,25). The summed E-state index contributed by atoms with van der Waals surface area (Å²) in [6.07, 6.45) is 0. The van der Waals surface area contributed by atoms with Crippen LogP contribution in [0, 0.1) is 12.7 Å². The molecule has 0 radical (unpaired) electrons. The number of hydrogen-bond acceptors (Lipinski definition) is 3. The van der Waals surface area contributed by atoms with Crippen molar-refractivity contribution in [1.82, 2.24) is 5.32 Å². The predicted octanol–water partition coefficient (Wildman–Crippen LogP) is 3.86. The van der Waals surface area contributed by atoms with E-state index in [1.54, 1.807) is 0 Å². The molecule has 3 aromatic carbocycles. The molecule has 0 bridgehead atoms. The summed E-state index contributed by atoms with van der Waals surface area (Å²) in [6, 6.07) is 18.7. The number of nitrogens with one attached hydrogen (secondary N) is 2. The fraction of sp³-hybridized carbons (Fsp3) is 0.0952. The molecule has 0 aromatic heterocycles. The minimum atomic E-state index is -3.96. The van der Waals surface area contributed by atoms with Gasteiger partial charge in [-0.05, 0) is 54.4 Å². The lowest BCUT2D eigenvalue weighted by atomic mass is 10.1. The molecular weight excluding hydrogens is 379 g/mol. The Kier molecular flexibility index (Phi) is 5.75. The number of hydrogen-bond donors (Lipinski definition) is 2. The van der Waals surface area contributed by atoms with Crippen molar-refractivity contribution in [3.8, 4) is 0 Å². The molecule has 28 heavy (non-hydrogen) atoms. The van der Waals surface area contributed by atoms with Crippen LogP contribution in [-0.4, -0.2) is 14.3 Å². The highest BCUT2D eigenvalue weighted by Crippen LogP contribution is 2.19. The molecule has 3 rings (SSSR count). The molecule has 0 saturated carbocycles. The van der Waals surface area contributed by atoms with E-state index in [9.17, 15) is 17.6 Å². The fourth-order valence-electron chi connectivity index (χ4n) is 2.62. The van der Waals surface area contributed by atoms with Gasteiger partial charge in [-0.15, -0.1) is 0 Å². The molecule has 0 heterocycles. The summed E-state index contributed by atoms with van der Waals surface area (Å²) in [7, 11) is -3.96. The fourth-order valence-corrected chi connectivity index (χ4v) is 3.69. The number of halogens is 1. The van der Waals surface area contributed by atoms with E-state index in [1.165, 1.54) is 48.5 Å². The summed E-state index contributed by atoms with van der Waals surface area (Å²) in [4.78, 5) is 12.2. The normalized spacial score (nSPS) is 11.1. The molecule has 0 unspecified atom stereocenters. The zero-order valence-corrected chi connectivity index (χ0v) is 16.0. The first-order valence-electron chi connectivity index (χ1n) is 8.57. The van der Waals surface area contributed by atoms with Crippen molar-refractivity contribution < 1.29 is 17.6 Å². The van der Waals surface area contributed by atoms with E-state index in [0.717, 1.165) is 11.1 Å². The minimum absolute atomic E-state index is 0.0637. The van der Waals surface area contributed by atoms with Crippen LogP contribution in [0.3, 0.4) is 0 Å². The van der Waals surface area contributed by atoms with E-state index in [2.05, 4.69) is 10.0 Å². The van der Waals surface area contributed by atoms with E-state index < -0.39 is 15.8 Å². The summed E-state index contributed by atoms with van der Waals surface area (Å²) in [6.45, 7) is 2.34. The molecule has 3 aromatic rings. The molecular formula is C21H19FN2O3S. The number of carbonyl (C=O) groups is 1. The van der Waals surface area contributed by atoms with Crippen LogP contribution in [0.4, 0.5) is 10.1 Å². The Bertz CT molecular complexity index is 1100. The predicted molar refractivity (Wildman–Crippen MR) is 106 cm³/mol. The van der Waals surface area contributed by atoms with Crippen molar-refractivity contribution in [2.45, 2.75) is 18.4 Å². The van der Waals surface area contributed by atoms with Gasteiger partial charge in [-0.3, -0.25) is 9.52 Å². The largest absolute Gasteiger partial charge is 0.348 e. The third-order valence-electron chi connectivity index (χ3n) is 4.25. The first-order valence-corrected chi connectivity index (χ1v) is 10.1. The van der Waals surface area contributed by atoms with E-state index in [1.807, 2.05) is 31.2 Å². The van der Waals surface area contributed by atoms with Crippen LogP contribution in [-0.2, 0) is 16.6 Å². The third kappa shape index (κ3) is 4.55. The van der Waals surface area contributed by atoms with Crippen molar-refractivity contribution in [1.29, 1.82) is 0 Å². The lowest BCUT2D eigenvalue weighted by Gasteiger charge is -2.10. The van der Waals surface area contributed by atoms with Gasteiger partial charge in [-0.25, -0.2) is 12.8 Å². The van der Waals surface area contributed by atoms with E-state index in [-0.39, 0.29) is 16.5 Å².